The Kier molecular flexibility index (Phi) is 8.11. The Morgan fingerprint density at radius 3 is 2.35 bits per heavy atom. The number of nitrogens with one attached hydrogen (secondary N) is 1. The molecule has 0 aliphatic carbocycles. The van der Waals surface area contributed by atoms with Crippen molar-refractivity contribution in [3.05, 3.63) is 12.7 Å². The Morgan fingerprint density at radius 2 is 1.94 bits per heavy atom. The van der Waals surface area contributed by atoms with Crippen molar-refractivity contribution >= 4 is 11.8 Å². The van der Waals surface area contributed by atoms with E-state index >= 15 is 0 Å². The lowest BCUT2D eigenvalue weighted by Crippen LogP contribution is -2.39. The molecule has 0 saturated heterocycles. The van der Waals surface area contributed by atoms with Gasteiger partial charge in [-0.3, -0.25) is 9.59 Å². The molecule has 1 N–H and O–H groups in total. The fraction of sp³-hybridized carbons (Fsp3) is 0.692. The van der Waals surface area contributed by atoms with Gasteiger partial charge in [-0.2, -0.15) is 0 Å². The Balaban J connectivity index is 3.99. The molecule has 0 rings (SSSR count). The zero-order valence-corrected chi connectivity index (χ0v) is 11.2. The van der Waals surface area contributed by atoms with Crippen molar-refractivity contribution in [3.8, 4) is 0 Å². The van der Waals surface area contributed by atoms with E-state index in [0.29, 0.717) is 19.6 Å². The van der Waals surface area contributed by atoms with Gasteiger partial charge in [0.15, 0.2) is 0 Å². The topological polar surface area (TPSA) is 49.4 Å². The molecule has 0 fully saturated rings. The standard InChI is InChI=1S/C13H24N2O2/c1-5-9-15(11(4)16)10-8-14-13(17)12(6-2)7-3/h5,12H,1,6-10H2,2-4H3,(H,14,17). The van der Waals surface area contributed by atoms with Crippen LogP contribution in [0.1, 0.15) is 33.6 Å². The van der Waals surface area contributed by atoms with Crippen LogP contribution in [0.15, 0.2) is 12.7 Å². The molecule has 0 aromatic rings. The highest BCUT2D eigenvalue weighted by molar-refractivity contribution is 5.78. The SMILES string of the molecule is C=CCN(CCNC(=O)C(CC)CC)C(C)=O. The number of carbonyl (C=O) groups is 2. The average Bonchev–Trinajstić information content (AvgIpc) is 2.29. The van der Waals surface area contributed by atoms with Crippen LogP contribution in [-0.2, 0) is 9.59 Å². The van der Waals surface area contributed by atoms with Gasteiger partial charge in [0.05, 0.1) is 0 Å². The van der Waals surface area contributed by atoms with E-state index in [-0.39, 0.29) is 17.7 Å². The van der Waals surface area contributed by atoms with Gasteiger partial charge in [-0.25, -0.2) is 0 Å². The quantitative estimate of drug-likeness (QED) is 0.655. The molecule has 0 aliphatic rings. The first-order valence-electron chi connectivity index (χ1n) is 6.20. The molecule has 0 aromatic heterocycles. The van der Waals surface area contributed by atoms with Gasteiger partial charge < -0.3 is 10.2 Å². The summed E-state index contributed by atoms with van der Waals surface area (Å²) >= 11 is 0. The largest absolute Gasteiger partial charge is 0.354 e. The summed E-state index contributed by atoms with van der Waals surface area (Å²) in [7, 11) is 0. The summed E-state index contributed by atoms with van der Waals surface area (Å²) in [5.41, 5.74) is 0. The molecule has 2 amide bonds. The molecule has 0 bridgehead atoms. The van der Waals surface area contributed by atoms with Gasteiger partial charge in [0.25, 0.3) is 0 Å². The molecular weight excluding hydrogens is 216 g/mol. The lowest BCUT2D eigenvalue weighted by Gasteiger charge is -2.20. The predicted octanol–water partition coefficient (Wildman–Crippen LogP) is 1.57. The molecule has 0 heterocycles. The first-order chi connectivity index (χ1) is 8.06. The van der Waals surface area contributed by atoms with Gasteiger partial charge in [-0.1, -0.05) is 19.9 Å². The Hall–Kier alpha value is -1.32. The third-order valence-electron chi connectivity index (χ3n) is 2.83. The van der Waals surface area contributed by atoms with Crippen LogP contribution >= 0.6 is 0 Å². The van der Waals surface area contributed by atoms with Crippen LogP contribution in [0, 0.1) is 5.92 Å². The van der Waals surface area contributed by atoms with Gasteiger partial charge >= 0.3 is 0 Å². The summed E-state index contributed by atoms with van der Waals surface area (Å²) in [6.45, 7) is 10.7. The summed E-state index contributed by atoms with van der Waals surface area (Å²) in [5.74, 6) is 0.166. The summed E-state index contributed by atoms with van der Waals surface area (Å²) in [6.07, 6.45) is 3.39. The summed E-state index contributed by atoms with van der Waals surface area (Å²) in [5, 5.41) is 2.86. The van der Waals surface area contributed by atoms with Crippen molar-refractivity contribution in [2.24, 2.45) is 5.92 Å². The normalized spacial score (nSPS) is 10.1. The summed E-state index contributed by atoms with van der Waals surface area (Å²) in [6, 6.07) is 0. The molecule has 4 nitrogen and oxygen atoms in total. The highest BCUT2D eigenvalue weighted by Gasteiger charge is 2.14. The molecular formula is C13H24N2O2. The van der Waals surface area contributed by atoms with Crippen LogP contribution in [0.5, 0.6) is 0 Å². The summed E-state index contributed by atoms with van der Waals surface area (Å²) in [4.78, 5) is 24.6. The molecule has 0 radical (unpaired) electrons. The molecule has 17 heavy (non-hydrogen) atoms. The second-order valence-corrected chi connectivity index (χ2v) is 4.06. The first kappa shape index (κ1) is 15.7. The van der Waals surface area contributed by atoms with E-state index in [2.05, 4.69) is 11.9 Å². The second kappa shape index (κ2) is 8.79. The number of amides is 2. The maximum Gasteiger partial charge on any atom is 0.223 e. The zero-order valence-electron chi connectivity index (χ0n) is 11.2. The third-order valence-corrected chi connectivity index (χ3v) is 2.83. The van der Waals surface area contributed by atoms with Crippen molar-refractivity contribution in [1.29, 1.82) is 0 Å². The Labute approximate surface area is 104 Å². The van der Waals surface area contributed by atoms with Crippen molar-refractivity contribution in [3.63, 3.8) is 0 Å². The van der Waals surface area contributed by atoms with Crippen LogP contribution < -0.4 is 5.32 Å². The van der Waals surface area contributed by atoms with Crippen LogP contribution in [0.3, 0.4) is 0 Å². The minimum Gasteiger partial charge on any atom is -0.354 e. The van der Waals surface area contributed by atoms with Gasteiger partial charge in [0.1, 0.15) is 0 Å². The second-order valence-electron chi connectivity index (χ2n) is 4.06. The minimum atomic E-state index is 0.00156. The highest BCUT2D eigenvalue weighted by Crippen LogP contribution is 2.06. The minimum absolute atomic E-state index is 0.00156. The van der Waals surface area contributed by atoms with Crippen molar-refractivity contribution in [2.75, 3.05) is 19.6 Å². The van der Waals surface area contributed by atoms with E-state index in [0.717, 1.165) is 12.8 Å². The molecule has 0 spiro atoms. The zero-order chi connectivity index (χ0) is 13.3. The molecule has 0 saturated carbocycles. The molecule has 0 aliphatic heterocycles. The number of nitrogens with zero attached hydrogens (tertiary/aromatic N) is 1. The predicted molar refractivity (Wildman–Crippen MR) is 69.5 cm³/mol. The Morgan fingerprint density at radius 1 is 1.35 bits per heavy atom. The fourth-order valence-electron chi connectivity index (χ4n) is 1.65. The van der Waals surface area contributed by atoms with Gasteiger partial charge in [0, 0.05) is 32.5 Å². The molecule has 0 unspecified atom stereocenters. The molecule has 98 valence electrons. The van der Waals surface area contributed by atoms with Crippen molar-refractivity contribution in [1.82, 2.24) is 10.2 Å². The summed E-state index contributed by atoms with van der Waals surface area (Å²) < 4.78 is 0. The molecule has 4 heteroatoms. The maximum atomic E-state index is 11.7. The van der Waals surface area contributed by atoms with Gasteiger partial charge in [-0.15, -0.1) is 6.58 Å². The van der Waals surface area contributed by atoms with Crippen LogP contribution in [0.4, 0.5) is 0 Å². The Bertz CT molecular complexity index is 260. The van der Waals surface area contributed by atoms with Crippen LogP contribution in [0.2, 0.25) is 0 Å². The average molecular weight is 240 g/mol. The van der Waals surface area contributed by atoms with Gasteiger partial charge in [0.2, 0.25) is 11.8 Å². The van der Waals surface area contributed by atoms with Crippen LogP contribution in [0.25, 0.3) is 0 Å². The van der Waals surface area contributed by atoms with Crippen LogP contribution in [-0.4, -0.2) is 36.3 Å². The smallest absolute Gasteiger partial charge is 0.223 e. The monoisotopic (exact) mass is 240 g/mol. The fourth-order valence-corrected chi connectivity index (χ4v) is 1.65. The van der Waals surface area contributed by atoms with E-state index in [1.165, 1.54) is 6.92 Å². The lowest BCUT2D eigenvalue weighted by molar-refractivity contribution is -0.129. The number of hydrogen-bond donors (Lipinski definition) is 1. The maximum absolute atomic E-state index is 11.7. The number of rotatable bonds is 8. The van der Waals surface area contributed by atoms with Crippen molar-refractivity contribution < 1.29 is 9.59 Å². The number of carbonyl (C=O) groups excluding carboxylic acids is 2. The van der Waals surface area contributed by atoms with Crippen molar-refractivity contribution in [2.45, 2.75) is 33.6 Å². The van der Waals surface area contributed by atoms with E-state index < -0.39 is 0 Å². The molecule has 0 atom stereocenters. The lowest BCUT2D eigenvalue weighted by atomic mass is 10.0. The number of hydrogen-bond acceptors (Lipinski definition) is 2. The van der Waals surface area contributed by atoms with E-state index in [1.807, 2.05) is 13.8 Å². The highest BCUT2D eigenvalue weighted by atomic mass is 16.2. The van der Waals surface area contributed by atoms with Gasteiger partial charge in [-0.05, 0) is 12.8 Å². The van der Waals surface area contributed by atoms with E-state index in [1.54, 1.807) is 11.0 Å². The van der Waals surface area contributed by atoms with E-state index in [9.17, 15) is 9.59 Å². The third kappa shape index (κ3) is 6.09. The molecule has 0 aromatic carbocycles. The van der Waals surface area contributed by atoms with E-state index in [4.69, 9.17) is 0 Å². The first-order valence-corrected chi connectivity index (χ1v) is 6.20.